The third-order valence-electron chi connectivity index (χ3n) is 8.47. The van der Waals surface area contributed by atoms with E-state index in [1.165, 1.54) is 47.3 Å². The quantitative estimate of drug-likeness (QED) is 0.0919. The molecule has 0 bridgehead atoms. The molecule has 3 heterocycles. The highest BCUT2D eigenvalue weighted by atomic mass is 32.2. The van der Waals surface area contributed by atoms with Gasteiger partial charge >= 0.3 is 17.9 Å². The number of quaternary nitrogens is 1. The zero-order valence-electron chi connectivity index (χ0n) is 31.7. The number of hydrogen-bond acceptors (Lipinski definition) is 8. The molecule has 0 aliphatic carbocycles. The van der Waals surface area contributed by atoms with Gasteiger partial charge in [0.25, 0.3) is 0 Å². The van der Waals surface area contributed by atoms with Crippen LogP contribution in [0.3, 0.4) is 0 Å². The standard InChI is InChI=1S/C33H33F3N8O3.C6H6O3S/c1-20(2)28(30-38-18-26(47-30)19-44(5,6)7)40-31(45)42-29(27-15-16-39-43(27)24-13-11-23(37-4)12-14-24)21(3)41(32(42)46)25-10-8-9-22(17-25)33(34,35)36;7-10(8,9)6-4-2-1-3-5-6/h8-18,20,28H,19H2,1-3,5-7H3;1-5H,(H,7,8,9)/t28-;/m0./s1. The number of imidazole rings is 1. The maximum atomic E-state index is 14.2. The largest absolute Gasteiger partial charge is 0.744 e. The smallest absolute Gasteiger partial charge is 0.416 e. The minimum absolute atomic E-state index is 0.0688. The number of aromatic nitrogens is 5. The summed E-state index contributed by atoms with van der Waals surface area (Å²) in [5.41, 5.74) is -0.332. The highest BCUT2D eigenvalue weighted by Gasteiger charge is 2.33. The van der Waals surface area contributed by atoms with Crippen LogP contribution in [-0.2, 0) is 22.8 Å². The summed E-state index contributed by atoms with van der Waals surface area (Å²) in [4.78, 5) is 36.0. The average Bonchev–Trinajstić information content (AvgIpc) is 3.87. The molecule has 6 aromatic rings. The van der Waals surface area contributed by atoms with Crippen LogP contribution in [0.15, 0.2) is 111 Å². The molecule has 0 spiro atoms. The normalized spacial score (nSPS) is 12.5. The number of rotatable bonds is 9. The van der Waals surface area contributed by atoms with E-state index in [4.69, 9.17) is 11.0 Å². The fraction of sp³-hybridized carbons (Fsp3) is 0.256. The number of hydrogen-bond donors (Lipinski definition) is 1. The molecule has 0 saturated carbocycles. The van der Waals surface area contributed by atoms with Crippen LogP contribution < -0.4 is 11.0 Å². The Morgan fingerprint density at radius 2 is 1.67 bits per heavy atom. The summed E-state index contributed by atoms with van der Waals surface area (Å²) >= 11 is 0. The van der Waals surface area contributed by atoms with Crippen molar-refractivity contribution in [2.24, 2.45) is 5.92 Å². The number of nitrogens with one attached hydrogen (secondary N) is 1. The predicted molar refractivity (Wildman–Crippen MR) is 203 cm³/mol. The molecule has 1 amide bonds. The molecule has 57 heavy (non-hydrogen) atoms. The van der Waals surface area contributed by atoms with Gasteiger partial charge in [0.2, 0.25) is 5.89 Å². The van der Waals surface area contributed by atoms with Gasteiger partial charge in [-0.1, -0.05) is 50.2 Å². The van der Waals surface area contributed by atoms with Crippen molar-refractivity contribution in [2.45, 2.75) is 44.4 Å². The van der Waals surface area contributed by atoms with Gasteiger partial charge in [0.1, 0.15) is 28.4 Å². The van der Waals surface area contributed by atoms with Gasteiger partial charge < -0.3 is 18.8 Å². The first-order chi connectivity index (χ1) is 26.7. The summed E-state index contributed by atoms with van der Waals surface area (Å²) in [5.74, 6) is 0.655. The van der Waals surface area contributed by atoms with Gasteiger partial charge in [-0.2, -0.15) is 18.3 Å². The summed E-state index contributed by atoms with van der Waals surface area (Å²) < 4.78 is 81.9. The summed E-state index contributed by atoms with van der Waals surface area (Å²) in [6.45, 7) is 13.1. The Labute approximate surface area is 326 Å². The molecule has 1 N–H and O–H groups in total. The number of halogens is 3. The lowest BCUT2D eigenvalue weighted by Gasteiger charge is -2.22. The Morgan fingerprint density at radius 3 is 2.23 bits per heavy atom. The minimum atomic E-state index is -4.66. The van der Waals surface area contributed by atoms with E-state index in [2.05, 4.69) is 20.2 Å². The molecular formula is C39H39F3N8O6S. The van der Waals surface area contributed by atoms with Crippen LogP contribution in [0, 0.1) is 19.4 Å². The molecule has 0 saturated heterocycles. The van der Waals surface area contributed by atoms with Crippen LogP contribution in [-0.4, -0.2) is 68.5 Å². The van der Waals surface area contributed by atoms with Crippen molar-refractivity contribution in [3.8, 4) is 22.8 Å². The molecule has 3 aromatic carbocycles. The lowest BCUT2D eigenvalue weighted by atomic mass is 10.0. The molecule has 298 valence electrons. The van der Waals surface area contributed by atoms with Gasteiger partial charge in [0, 0.05) is 0 Å². The molecule has 0 radical (unpaired) electrons. The number of carbonyl (C=O) groups excluding carboxylic acids is 1. The van der Waals surface area contributed by atoms with E-state index in [0.717, 1.165) is 21.3 Å². The number of nitrogens with zero attached hydrogens (tertiary/aromatic N) is 7. The molecule has 3 aromatic heterocycles. The first-order valence-corrected chi connectivity index (χ1v) is 18.7. The van der Waals surface area contributed by atoms with E-state index >= 15 is 0 Å². The Balaban J connectivity index is 0.000000540. The highest BCUT2D eigenvalue weighted by Crippen LogP contribution is 2.33. The van der Waals surface area contributed by atoms with Crippen molar-refractivity contribution >= 4 is 21.8 Å². The fourth-order valence-corrected chi connectivity index (χ4v) is 6.37. The van der Waals surface area contributed by atoms with Crippen molar-refractivity contribution in [3.05, 3.63) is 142 Å². The zero-order valence-corrected chi connectivity index (χ0v) is 32.5. The third kappa shape index (κ3) is 9.75. The minimum Gasteiger partial charge on any atom is -0.744 e. The average molecular weight is 805 g/mol. The second-order valence-electron chi connectivity index (χ2n) is 14.2. The van der Waals surface area contributed by atoms with Crippen LogP contribution in [0.5, 0.6) is 0 Å². The molecule has 6 rings (SSSR count). The summed E-state index contributed by atoms with van der Waals surface area (Å²) in [7, 11) is 1.74. The second-order valence-corrected chi connectivity index (χ2v) is 15.6. The van der Waals surface area contributed by atoms with Gasteiger partial charge in [-0.15, -0.1) is 0 Å². The van der Waals surface area contributed by atoms with E-state index < -0.39 is 39.6 Å². The topological polar surface area (TPSA) is 161 Å². The number of alkyl halides is 3. The second kappa shape index (κ2) is 16.4. The monoisotopic (exact) mass is 804 g/mol. The maximum absolute atomic E-state index is 14.2. The molecule has 0 unspecified atom stereocenters. The molecular weight excluding hydrogens is 766 g/mol. The van der Waals surface area contributed by atoms with E-state index in [-0.39, 0.29) is 33.8 Å². The van der Waals surface area contributed by atoms with Gasteiger partial charge in [0.15, 0.2) is 11.4 Å². The van der Waals surface area contributed by atoms with Crippen LogP contribution in [0.1, 0.15) is 42.8 Å². The Bertz CT molecular complexity index is 2580. The molecule has 14 nitrogen and oxygen atoms in total. The molecule has 1 atom stereocenters. The number of amides is 1. The van der Waals surface area contributed by atoms with Gasteiger partial charge in [-0.25, -0.2) is 37.1 Å². The highest BCUT2D eigenvalue weighted by molar-refractivity contribution is 7.85. The Hall–Kier alpha value is -6.29. The van der Waals surface area contributed by atoms with Crippen molar-refractivity contribution < 1.29 is 39.8 Å². The number of benzene rings is 3. The van der Waals surface area contributed by atoms with Crippen LogP contribution >= 0.6 is 0 Å². The lowest BCUT2D eigenvalue weighted by molar-refractivity contribution is -0.884. The SMILES string of the molecule is O=S(=O)([O-])c1ccccc1.[C-]#[N+]c1ccc(-n2nccc2-c2c(C)n(-c3cccc(C(F)(F)F)c3)c(=O)n2C(=O)N[C@H](c2ncc(C[N+](C)(C)C)o2)C(C)C)cc1. The Morgan fingerprint density at radius 1 is 1.00 bits per heavy atom. The van der Waals surface area contributed by atoms with Gasteiger partial charge in [-0.05, 0) is 61.4 Å². The van der Waals surface area contributed by atoms with E-state index in [1.54, 1.807) is 49.5 Å². The Kier molecular flexibility index (Phi) is 12.1. The summed E-state index contributed by atoms with van der Waals surface area (Å²) in [5, 5.41) is 7.27. The first kappa shape index (κ1) is 41.9. The van der Waals surface area contributed by atoms with Crippen molar-refractivity contribution in [1.82, 2.24) is 29.2 Å². The van der Waals surface area contributed by atoms with Crippen LogP contribution in [0.2, 0.25) is 0 Å². The van der Waals surface area contributed by atoms with Crippen LogP contribution in [0.4, 0.5) is 23.7 Å². The van der Waals surface area contributed by atoms with Crippen molar-refractivity contribution in [2.75, 3.05) is 21.1 Å². The fourth-order valence-electron chi connectivity index (χ4n) is 5.88. The van der Waals surface area contributed by atoms with Gasteiger partial charge in [0.05, 0.1) is 73.3 Å². The van der Waals surface area contributed by atoms with Crippen molar-refractivity contribution in [1.29, 1.82) is 0 Å². The first-order valence-electron chi connectivity index (χ1n) is 17.3. The van der Waals surface area contributed by atoms with Crippen molar-refractivity contribution in [3.63, 3.8) is 0 Å². The van der Waals surface area contributed by atoms with E-state index in [0.29, 0.717) is 33.9 Å². The molecule has 0 aliphatic rings. The molecule has 0 fully saturated rings. The molecule has 18 heteroatoms. The lowest BCUT2D eigenvalue weighted by Crippen LogP contribution is -2.40. The van der Waals surface area contributed by atoms with E-state index in [1.807, 2.05) is 35.0 Å². The third-order valence-corrected chi connectivity index (χ3v) is 9.32. The number of carbonyl (C=O) groups is 1. The number of oxazole rings is 1. The predicted octanol–water partition coefficient (Wildman–Crippen LogP) is 7.11. The maximum Gasteiger partial charge on any atom is 0.416 e. The van der Waals surface area contributed by atoms with E-state index in [9.17, 15) is 35.7 Å². The summed E-state index contributed by atoms with van der Waals surface area (Å²) in [6.07, 6.45) is -1.58. The molecule has 0 aliphatic heterocycles. The van der Waals surface area contributed by atoms with Crippen LogP contribution in [0.25, 0.3) is 27.6 Å². The zero-order chi connectivity index (χ0) is 41.9. The van der Waals surface area contributed by atoms with Gasteiger partial charge in [-0.3, -0.25) is 4.57 Å². The summed E-state index contributed by atoms with van der Waals surface area (Å²) in [6, 6.07) is 18.1.